The molecule has 1 atom stereocenters. The minimum absolute atomic E-state index is 0.297. The topological polar surface area (TPSA) is 38.3 Å². The lowest BCUT2D eigenvalue weighted by Crippen LogP contribution is -2.46. The number of carbonyl (C=O) groups is 1. The van der Waals surface area contributed by atoms with Gasteiger partial charge in [-0.1, -0.05) is 30.3 Å². The molecule has 2 aromatic carbocycles. The normalized spacial score (nSPS) is 13.3. The number of anilines is 1. The van der Waals surface area contributed by atoms with Crippen molar-refractivity contribution in [1.29, 1.82) is 0 Å². The Morgan fingerprint density at radius 3 is 2.33 bits per heavy atom. The number of rotatable bonds is 5. The molecule has 0 saturated heterocycles. The summed E-state index contributed by atoms with van der Waals surface area (Å²) in [5.74, 6) is -0.662. The van der Waals surface area contributed by atoms with E-state index in [2.05, 4.69) is 5.32 Å². The second-order valence-corrected chi connectivity index (χ2v) is 5.12. The Kier molecular flexibility index (Phi) is 4.58. The van der Waals surface area contributed by atoms with Gasteiger partial charge in [0.2, 0.25) is 0 Å². The van der Waals surface area contributed by atoms with Gasteiger partial charge in [0.15, 0.2) is 0 Å². The van der Waals surface area contributed by atoms with Crippen LogP contribution in [-0.4, -0.2) is 18.6 Å². The fourth-order valence-electron chi connectivity index (χ4n) is 2.24. The highest BCUT2D eigenvalue weighted by molar-refractivity contribution is 5.84. The van der Waals surface area contributed by atoms with Gasteiger partial charge in [-0.25, -0.2) is 9.18 Å². The standard InChI is InChI=1S/C17H18FNO2/c1-17(16(20)21-2,19-15-6-4-3-5-7-15)12-13-8-10-14(18)11-9-13/h3-11,19H,12H2,1-2H3. The zero-order valence-corrected chi connectivity index (χ0v) is 12.1. The van der Waals surface area contributed by atoms with Crippen molar-refractivity contribution in [3.05, 3.63) is 66.0 Å². The highest BCUT2D eigenvalue weighted by atomic mass is 19.1. The molecule has 0 aliphatic heterocycles. The van der Waals surface area contributed by atoms with Crippen molar-refractivity contribution in [3.63, 3.8) is 0 Å². The number of benzene rings is 2. The van der Waals surface area contributed by atoms with Gasteiger partial charge in [-0.05, 0) is 36.8 Å². The average Bonchev–Trinajstić information content (AvgIpc) is 2.49. The van der Waals surface area contributed by atoms with Gasteiger partial charge in [-0.3, -0.25) is 0 Å². The minimum atomic E-state index is -0.923. The van der Waals surface area contributed by atoms with Crippen molar-refractivity contribution >= 4 is 11.7 Å². The summed E-state index contributed by atoms with van der Waals surface area (Å²) in [6, 6.07) is 15.5. The van der Waals surface area contributed by atoms with Crippen LogP contribution in [0.25, 0.3) is 0 Å². The number of hydrogen-bond acceptors (Lipinski definition) is 3. The SMILES string of the molecule is COC(=O)C(C)(Cc1ccc(F)cc1)Nc1ccccc1. The van der Waals surface area contributed by atoms with E-state index in [1.165, 1.54) is 19.2 Å². The van der Waals surface area contributed by atoms with Gasteiger partial charge in [0.25, 0.3) is 0 Å². The van der Waals surface area contributed by atoms with E-state index in [9.17, 15) is 9.18 Å². The molecule has 0 saturated carbocycles. The second kappa shape index (κ2) is 6.39. The first-order chi connectivity index (χ1) is 10.0. The zero-order chi connectivity index (χ0) is 15.3. The molecule has 0 aliphatic rings. The Morgan fingerprint density at radius 1 is 1.14 bits per heavy atom. The number of ether oxygens (including phenoxy) is 1. The third kappa shape index (κ3) is 3.81. The molecule has 0 aliphatic carbocycles. The zero-order valence-electron chi connectivity index (χ0n) is 12.1. The van der Waals surface area contributed by atoms with E-state index in [0.29, 0.717) is 6.42 Å². The molecule has 0 aromatic heterocycles. The highest BCUT2D eigenvalue weighted by Crippen LogP contribution is 2.21. The molecular formula is C17H18FNO2. The van der Waals surface area contributed by atoms with Gasteiger partial charge >= 0.3 is 5.97 Å². The van der Waals surface area contributed by atoms with Gasteiger partial charge in [0, 0.05) is 12.1 Å². The van der Waals surface area contributed by atoms with Crippen LogP contribution in [0.3, 0.4) is 0 Å². The van der Waals surface area contributed by atoms with Crippen molar-refractivity contribution in [1.82, 2.24) is 0 Å². The maximum absolute atomic E-state index is 13.0. The molecule has 2 aromatic rings. The Labute approximate surface area is 123 Å². The van der Waals surface area contributed by atoms with E-state index in [1.807, 2.05) is 30.3 Å². The summed E-state index contributed by atoms with van der Waals surface area (Å²) in [5.41, 5.74) is 0.758. The van der Waals surface area contributed by atoms with Crippen molar-refractivity contribution in [2.45, 2.75) is 18.9 Å². The average molecular weight is 287 g/mol. The molecule has 110 valence electrons. The predicted molar refractivity (Wildman–Crippen MR) is 80.6 cm³/mol. The smallest absolute Gasteiger partial charge is 0.331 e. The largest absolute Gasteiger partial charge is 0.467 e. The van der Waals surface area contributed by atoms with E-state index in [1.54, 1.807) is 19.1 Å². The van der Waals surface area contributed by atoms with Crippen LogP contribution < -0.4 is 5.32 Å². The van der Waals surface area contributed by atoms with E-state index in [4.69, 9.17) is 4.74 Å². The van der Waals surface area contributed by atoms with Gasteiger partial charge < -0.3 is 10.1 Å². The fourth-order valence-corrected chi connectivity index (χ4v) is 2.24. The second-order valence-electron chi connectivity index (χ2n) is 5.12. The van der Waals surface area contributed by atoms with Crippen molar-refractivity contribution in [2.75, 3.05) is 12.4 Å². The van der Waals surface area contributed by atoms with Gasteiger partial charge in [-0.15, -0.1) is 0 Å². The van der Waals surface area contributed by atoms with Crippen LogP contribution in [0.15, 0.2) is 54.6 Å². The first-order valence-electron chi connectivity index (χ1n) is 6.69. The van der Waals surface area contributed by atoms with Crippen molar-refractivity contribution < 1.29 is 13.9 Å². The summed E-state index contributed by atoms with van der Waals surface area (Å²) in [7, 11) is 1.36. The van der Waals surface area contributed by atoms with Crippen LogP contribution in [0.5, 0.6) is 0 Å². The lowest BCUT2D eigenvalue weighted by molar-refractivity contribution is -0.145. The van der Waals surface area contributed by atoms with Crippen molar-refractivity contribution in [3.8, 4) is 0 Å². The molecule has 0 spiro atoms. The van der Waals surface area contributed by atoms with E-state index in [-0.39, 0.29) is 11.8 Å². The number of para-hydroxylation sites is 1. The van der Waals surface area contributed by atoms with E-state index < -0.39 is 5.54 Å². The molecule has 2 rings (SSSR count). The Balaban J connectivity index is 2.24. The maximum atomic E-state index is 13.0. The number of esters is 1. The fraction of sp³-hybridized carbons (Fsp3) is 0.235. The Bertz CT molecular complexity index is 598. The van der Waals surface area contributed by atoms with E-state index >= 15 is 0 Å². The molecule has 1 unspecified atom stereocenters. The third-order valence-electron chi connectivity index (χ3n) is 3.30. The highest BCUT2D eigenvalue weighted by Gasteiger charge is 2.34. The Hall–Kier alpha value is -2.36. The van der Waals surface area contributed by atoms with Crippen LogP contribution in [-0.2, 0) is 16.0 Å². The molecule has 0 bridgehead atoms. The van der Waals surface area contributed by atoms with Gasteiger partial charge in [0.05, 0.1) is 7.11 Å². The summed E-state index contributed by atoms with van der Waals surface area (Å²) < 4.78 is 17.9. The molecule has 3 nitrogen and oxygen atoms in total. The molecule has 0 heterocycles. The van der Waals surface area contributed by atoms with Crippen LogP contribution in [0.2, 0.25) is 0 Å². The maximum Gasteiger partial charge on any atom is 0.331 e. The quantitative estimate of drug-likeness (QED) is 0.856. The lowest BCUT2D eigenvalue weighted by Gasteiger charge is -2.29. The lowest BCUT2D eigenvalue weighted by atomic mass is 9.92. The van der Waals surface area contributed by atoms with Gasteiger partial charge in [-0.2, -0.15) is 0 Å². The first kappa shape index (κ1) is 15.0. The number of halogens is 1. The molecule has 0 radical (unpaired) electrons. The van der Waals surface area contributed by atoms with Crippen LogP contribution in [0.4, 0.5) is 10.1 Å². The van der Waals surface area contributed by atoms with Crippen LogP contribution in [0.1, 0.15) is 12.5 Å². The minimum Gasteiger partial charge on any atom is -0.467 e. The van der Waals surface area contributed by atoms with Gasteiger partial charge in [0.1, 0.15) is 11.4 Å². The molecule has 1 N–H and O–H groups in total. The number of hydrogen-bond donors (Lipinski definition) is 1. The predicted octanol–water partition coefficient (Wildman–Crippen LogP) is 3.41. The monoisotopic (exact) mass is 287 g/mol. The van der Waals surface area contributed by atoms with Crippen LogP contribution in [0, 0.1) is 5.82 Å². The number of nitrogens with one attached hydrogen (secondary N) is 1. The molecule has 4 heteroatoms. The third-order valence-corrected chi connectivity index (χ3v) is 3.30. The number of methoxy groups -OCH3 is 1. The molecule has 0 amide bonds. The Morgan fingerprint density at radius 2 is 1.76 bits per heavy atom. The van der Waals surface area contributed by atoms with Crippen molar-refractivity contribution in [2.24, 2.45) is 0 Å². The summed E-state index contributed by atoms with van der Waals surface area (Å²) in [6.45, 7) is 1.77. The molecular weight excluding hydrogens is 269 g/mol. The molecule has 21 heavy (non-hydrogen) atoms. The summed E-state index contributed by atoms with van der Waals surface area (Å²) in [6.07, 6.45) is 0.398. The first-order valence-corrected chi connectivity index (χ1v) is 6.69. The summed E-state index contributed by atoms with van der Waals surface area (Å²) >= 11 is 0. The molecule has 0 fully saturated rings. The van der Waals surface area contributed by atoms with Crippen LogP contribution >= 0.6 is 0 Å². The van der Waals surface area contributed by atoms with E-state index in [0.717, 1.165) is 11.3 Å². The number of carbonyl (C=O) groups excluding carboxylic acids is 1. The summed E-state index contributed by atoms with van der Waals surface area (Å²) in [5, 5.41) is 3.20. The summed E-state index contributed by atoms with van der Waals surface area (Å²) in [4.78, 5) is 12.2.